The molecule has 2 aliphatic heterocycles. The molecule has 0 N–H and O–H groups in total. The van der Waals surface area contributed by atoms with Crippen LogP contribution in [0.25, 0.3) is 0 Å². The van der Waals surface area contributed by atoms with E-state index in [4.69, 9.17) is 18.7 Å². The Morgan fingerprint density at radius 2 is 1.48 bits per heavy atom. The normalized spacial score (nSPS) is 23.6. The Kier molecular flexibility index (Phi) is 5.57. The van der Waals surface area contributed by atoms with Gasteiger partial charge < -0.3 is 23.6 Å². The summed E-state index contributed by atoms with van der Waals surface area (Å²) in [4.78, 5) is 14.6. The average molecular weight is 389 g/mol. The van der Waals surface area contributed by atoms with Gasteiger partial charge in [-0.2, -0.15) is 0 Å². The van der Waals surface area contributed by atoms with Gasteiger partial charge in [-0.3, -0.25) is 0 Å². The standard InChI is InChI=1S/C21H25BNO5.Li/c1-20(2)21(3,4)28-22(27-20)18(15-11-13-17(25-5)14-12-15)23(19(24)26-22)16-9-7-6-8-10-16;/h6-14,18H,1-5H3;/q-1;+1. The predicted octanol–water partition coefficient (Wildman–Crippen LogP) is 1.48. The Labute approximate surface area is 183 Å². The van der Waals surface area contributed by atoms with Crippen LogP contribution in [0.4, 0.5) is 10.5 Å². The molecule has 6 nitrogen and oxygen atoms in total. The Morgan fingerprint density at radius 1 is 0.931 bits per heavy atom. The molecular formula is C21H25BLiNO5. The van der Waals surface area contributed by atoms with Crippen LogP contribution in [-0.2, 0) is 14.0 Å². The summed E-state index contributed by atoms with van der Waals surface area (Å²) in [6, 6.07) is 17.0. The van der Waals surface area contributed by atoms with E-state index in [-0.39, 0.29) is 18.9 Å². The number of amides is 1. The van der Waals surface area contributed by atoms with E-state index in [1.54, 1.807) is 12.0 Å². The van der Waals surface area contributed by atoms with Crippen molar-refractivity contribution in [3.8, 4) is 5.75 Å². The van der Waals surface area contributed by atoms with Crippen LogP contribution in [0.1, 0.15) is 39.2 Å². The van der Waals surface area contributed by atoms with Crippen LogP contribution in [0.3, 0.4) is 0 Å². The maximum absolute atomic E-state index is 13.0. The van der Waals surface area contributed by atoms with E-state index in [0.29, 0.717) is 0 Å². The minimum absolute atomic E-state index is 0. The van der Waals surface area contributed by atoms with Crippen molar-refractivity contribution in [1.29, 1.82) is 0 Å². The number of carbonyl (C=O) groups is 1. The van der Waals surface area contributed by atoms with Gasteiger partial charge in [0.2, 0.25) is 0 Å². The molecule has 4 rings (SSSR count). The number of carbonyl (C=O) groups excluding carboxylic acids is 1. The predicted molar refractivity (Wildman–Crippen MR) is 107 cm³/mol. The fourth-order valence-electron chi connectivity index (χ4n) is 3.90. The smallest absolute Gasteiger partial charge is 0.625 e. The van der Waals surface area contributed by atoms with Gasteiger partial charge in [0.25, 0.3) is 0 Å². The maximum Gasteiger partial charge on any atom is 1.00 e. The molecule has 29 heavy (non-hydrogen) atoms. The molecule has 2 fully saturated rings. The van der Waals surface area contributed by atoms with Crippen molar-refractivity contribution in [2.45, 2.75) is 44.8 Å². The zero-order valence-electron chi connectivity index (χ0n) is 17.8. The van der Waals surface area contributed by atoms with Gasteiger partial charge in [0.1, 0.15) is 5.75 Å². The van der Waals surface area contributed by atoms with Crippen molar-refractivity contribution >= 4 is 18.5 Å². The Hall–Kier alpha value is -1.91. The number of ether oxygens (including phenoxy) is 1. The van der Waals surface area contributed by atoms with E-state index in [0.717, 1.165) is 17.0 Å². The average Bonchev–Trinajstić information content (AvgIpc) is 3.02. The number of rotatable bonds is 3. The molecule has 2 heterocycles. The first-order chi connectivity index (χ1) is 13.2. The van der Waals surface area contributed by atoms with Crippen molar-refractivity contribution in [2.75, 3.05) is 12.0 Å². The van der Waals surface area contributed by atoms with Crippen molar-refractivity contribution in [1.82, 2.24) is 0 Å². The fourth-order valence-corrected chi connectivity index (χ4v) is 3.90. The number of anilines is 1. The number of hydrogen-bond donors (Lipinski definition) is 0. The molecule has 0 radical (unpaired) electrons. The first-order valence-corrected chi connectivity index (χ1v) is 9.45. The summed E-state index contributed by atoms with van der Waals surface area (Å²) in [5.41, 5.74) is 0.306. The molecule has 2 aliphatic rings. The van der Waals surface area contributed by atoms with Gasteiger partial charge in [-0.25, -0.2) is 4.79 Å². The molecule has 0 aliphatic carbocycles. The SMILES string of the molecule is COc1ccc(C2N(c3ccccc3)C(=O)O[B-]23OC(C)(C)C(C)(C)O3)cc1.[Li+]. The Morgan fingerprint density at radius 3 is 2.00 bits per heavy atom. The topological polar surface area (TPSA) is 57.2 Å². The summed E-state index contributed by atoms with van der Waals surface area (Å²) in [5, 5.41) is 0. The van der Waals surface area contributed by atoms with Crippen molar-refractivity contribution in [3.05, 3.63) is 60.2 Å². The second-order valence-corrected chi connectivity index (χ2v) is 8.26. The number of methoxy groups -OCH3 is 1. The van der Waals surface area contributed by atoms with Gasteiger partial charge in [-0.15, -0.1) is 0 Å². The first-order valence-electron chi connectivity index (χ1n) is 9.45. The molecule has 0 bridgehead atoms. The summed E-state index contributed by atoms with van der Waals surface area (Å²) in [7, 11) is 1.62. The molecule has 0 aromatic heterocycles. The maximum atomic E-state index is 13.0. The molecule has 1 spiro atoms. The zero-order valence-corrected chi connectivity index (χ0v) is 17.8. The quantitative estimate of drug-likeness (QED) is 0.745. The minimum atomic E-state index is -2.39. The van der Waals surface area contributed by atoms with Gasteiger partial charge in [-0.05, 0) is 52.0 Å². The van der Waals surface area contributed by atoms with Crippen molar-refractivity contribution < 1.29 is 42.4 Å². The summed E-state index contributed by atoms with van der Waals surface area (Å²) in [6.07, 6.45) is -0.486. The third-order valence-corrected chi connectivity index (χ3v) is 5.99. The molecule has 1 amide bonds. The molecule has 0 saturated carbocycles. The van der Waals surface area contributed by atoms with Crippen molar-refractivity contribution in [3.63, 3.8) is 0 Å². The van der Waals surface area contributed by atoms with Crippen LogP contribution in [0, 0.1) is 0 Å². The van der Waals surface area contributed by atoms with Crippen LogP contribution in [0.2, 0.25) is 0 Å². The Bertz CT molecular complexity index is 872. The Balaban J connectivity index is 0.00000240. The molecule has 2 aromatic rings. The third-order valence-electron chi connectivity index (χ3n) is 5.99. The van der Waals surface area contributed by atoms with Crippen LogP contribution in [-0.4, -0.2) is 31.2 Å². The molecule has 2 aromatic carbocycles. The minimum Gasteiger partial charge on any atom is -0.625 e. The monoisotopic (exact) mass is 389 g/mol. The summed E-state index contributed by atoms with van der Waals surface area (Å²) in [6.45, 7) is 5.42. The van der Waals surface area contributed by atoms with Gasteiger partial charge in [0, 0.05) is 22.8 Å². The molecular weight excluding hydrogens is 364 g/mol. The van der Waals surface area contributed by atoms with E-state index in [1.807, 2.05) is 82.3 Å². The fraction of sp³-hybridized carbons (Fsp3) is 0.381. The number of para-hydroxylation sites is 1. The van der Waals surface area contributed by atoms with Crippen LogP contribution < -0.4 is 28.5 Å². The van der Waals surface area contributed by atoms with Crippen LogP contribution in [0.15, 0.2) is 54.6 Å². The molecule has 8 heteroatoms. The van der Waals surface area contributed by atoms with E-state index in [1.165, 1.54) is 0 Å². The van der Waals surface area contributed by atoms with E-state index in [9.17, 15) is 4.79 Å². The summed E-state index contributed by atoms with van der Waals surface area (Å²) in [5.74, 6) is 0.178. The van der Waals surface area contributed by atoms with Gasteiger partial charge >= 0.3 is 31.7 Å². The van der Waals surface area contributed by atoms with Gasteiger partial charge in [0.05, 0.1) is 7.11 Å². The molecule has 1 unspecified atom stereocenters. The first kappa shape index (κ1) is 21.8. The number of hydrogen-bond acceptors (Lipinski definition) is 5. The van der Waals surface area contributed by atoms with Gasteiger partial charge in [0.15, 0.2) is 0 Å². The van der Waals surface area contributed by atoms with Crippen molar-refractivity contribution in [2.24, 2.45) is 0 Å². The summed E-state index contributed by atoms with van der Waals surface area (Å²) >= 11 is 0. The molecule has 2 saturated heterocycles. The number of benzene rings is 2. The van der Waals surface area contributed by atoms with Crippen LogP contribution in [0.5, 0.6) is 5.75 Å². The van der Waals surface area contributed by atoms with Gasteiger partial charge in [-0.1, -0.05) is 35.9 Å². The summed E-state index contributed by atoms with van der Waals surface area (Å²) < 4.78 is 23.9. The molecule has 1 atom stereocenters. The zero-order chi connectivity index (χ0) is 20.2. The van der Waals surface area contributed by atoms with Crippen LogP contribution >= 0.6 is 0 Å². The van der Waals surface area contributed by atoms with E-state index in [2.05, 4.69) is 0 Å². The van der Waals surface area contributed by atoms with E-state index < -0.39 is 30.0 Å². The molecule has 148 valence electrons. The second-order valence-electron chi connectivity index (χ2n) is 8.26. The van der Waals surface area contributed by atoms with E-state index >= 15 is 0 Å². The largest absolute Gasteiger partial charge is 1.00 e. The third kappa shape index (κ3) is 3.47. The number of nitrogens with zero attached hydrogens (tertiary/aromatic N) is 1. The second kappa shape index (κ2) is 7.41.